The second-order valence-electron chi connectivity index (χ2n) is 5.40. The minimum atomic E-state index is -0.865. The summed E-state index contributed by atoms with van der Waals surface area (Å²) in [6, 6.07) is 0. The Balaban J connectivity index is 1.67. The molecule has 0 saturated heterocycles. The van der Waals surface area contributed by atoms with E-state index in [-0.39, 0.29) is 17.7 Å². The van der Waals surface area contributed by atoms with Crippen molar-refractivity contribution in [2.24, 2.45) is 23.7 Å². The van der Waals surface area contributed by atoms with Gasteiger partial charge in [-0.2, -0.15) is 0 Å². The van der Waals surface area contributed by atoms with Gasteiger partial charge in [0.15, 0.2) is 0 Å². The van der Waals surface area contributed by atoms with Crippen molar-refractivity contribution in [1.29, 1.82) is 0 Å². The number of aromatic nitrogens is 1. The summed E-state index contributed by atoms with van der Waals surface area (Å²) in [5.74, 6) is -1.94. The molecule has 2 aliphatic carbocycles. The van der Waals surface area contributed by atoms with Crippen LogP contribution in [0.2, 0.25) is 0 Å². The second kappa shape index (κ2) is 5.01. The first-order valence-electron chi connectivity index (χ1n) is 6.66. The van der Waals surface area contributed by atoms with Gasteiger partial charge in [0.05, 0.1) is 23.4 Å². The van der Waals surface area contributed by atoms with Crippen LogP contribution in [0.25, 0.3) is 0 Å². The standard InChI is InChI=1S/C14H16N2O3S/c1-7-15-5-10(20-7)6-16-13(17)11-8-2-3-9(4-8)12(11)14(18)19/h2-3,5,8-9,11-12H,4,6H2,1H3,(H,16,17)(H,18,19). The highest BCUT2D eigenvalue weighted by Gasteiger charge is 2.51. The number of rotatable bonds is 4. The van der Waals surface area contributed by atoms with Crippen molar-refractivity contribution in [3.8, 4) is 0 Å². The van der Waals surface area contributed by atoms with E-state index in [0.717, 1.165) is 16.3 Å². The molecule has 0 aliphatic heterocycles. The van der Waals surface area contributed by atoms with Crippen LogP contribution in [-0.2, 0) is 16.1 Å². The highest BCUT2D eigenvalue weighted by Crippen LogP contribution is 2.48. The zero-order valence-corrected chi connectivity index (χ0v) is 11.9. The molecule has 6 heteroatoms. The Labute approximate surface area is 120 Å². The van der Waals surface area contributed by atoms with E-state index in [1.807, 2.05) is 19.1 Å². The van der Waals surface area contributed by atoms with E-state index >= 15 is 0 Å². The molecule has 5 nitrogen and oxygen atoms in total. The molecule has 20 heavy (non-hydrogen) atoms. The molecule has 0 radical (unpaired) electrons. The molecule has 4 unspecified atom stereocenters. The number of allylic oxidation sites excluding steroid dienone is 2. The molecular formula is C14H16N2O3S. The molecule has 0 spiro atoms. The van der Waals surface area contributed by atoms with Crippen LogP contribution in [0.1, 0.15) is 16.3 Å². The maximum Gasteiger partial charge on any atom is 0.307 e. The highest BCUT2D eigenvalue weighted by molar-refractivity contribution is 7.11. The van der Waals surface area contributed by atoms with Gasteiger partial charge in [-0.3, -0.25) is 9.59 Å². The van der Waals surface area contributed by atoms with Crippen molar-refractivity contribution < 1.29 is 14.7 Å². The number of hydrogen-bond donors (Lipinski definition) is 2. The Morgan fingerprint density at radius 3 is 2.70 bits per heavy atom. The Bertz CT molecular complexity index is 581. The summed E-state index contributed by atoms with van der Waals surface area (Å²) >= 11 is 1.54. The van der Waals surface area contributed by atoms with Crippen LogP contribution < -0.4 is 5.32 Å². The third-order valence-corrected chi connectivity index (χ3v) is 5.07. The SMILES string of the molecule is Cc1ncc(CNC(=O)C2C3C=CC(C3)C2C(=O)O)s1. The monoisotopic (exact) mass is 292 g/mol. The van der Waals surface area contributed by atoms with Gasteiger partial charge in [0.25, 0.3) is 0 Å². The van der Waals surface area contributed by atoms with Gasteiger partial charge in [-0.25, -0.2) is 4.98 Å². The van der Waals surface area contributed by atoms with Crippen LogP contribution in [0.15, 0.2) is 18.3 Å². The minimum absolute atomic E-state index is 0.0129. The Morgan fingerprint density at radius 2 is 2.10 bits per heavy atom. The van der Waals surface area contributed by atoms with Crippen molar-refractivity contribution in [3.05, 3.63) is 28.2 Å². The Kier molecular flexibility index (Phi) is 3.33. The number of hydrogen-bond acceptors (Lipinski definition) is 4. The van der Waals surface area contributed by atoms with Crippen molar-refractivity contribution in [2.45, 2.75) is 19.9 Å². The maximum absolute atomic E-state index is 12.3. The van der Waals surface area contributed by atoms with Crippen LogP contribution in [0.3, 0.4) is 0 Å². The lowest BCUT2D eigenvalue weighted by molar-refractivity contribution is -0.147. The van der Waals surface area contributed by atoms with Gasteiger partial charge in [-0.1, -0.05) is 12.2 Å². The van der Waals surface area contributed by atoms with E-state index in [0.29, 0.717) is 6.54 Å². The number of fused-ring (bicyclic) bond motifs is 2. The number of carbonyl (C=O) groups excluding carboxylic acids is 1. The molecule has 1 aromatic heterocycles. The van der Waals surface area contributed by atoms with Crippen LogP contribution >= 0.6 is 11.3 Å². The lowest BCUT2D eigenvalue weighted by Gasteiger charge is -2.23. The predicted molar refractivity (Wildman–Crippen MR) is 74.1 cm³/mol. The largest absolute Gasteiger partial charge is 0.481 e. The summed E-state index contributed by atoms with van der Waals surface area (Å²) in [6.07, 6.45) is 6.47. The van der Waals surface area contributed by atoms with E-state index in [4.69, 9.17) is 0 Å². The van der Waals surface area contributed by atoms with E-state index in [1.165, 1.54) is 11.3 Å². The fourth-order valence-corrected chi connectivity index (χ4v) is 4.03. The van der Waals surface area contributed by atoms with Gasteiger partial charge >= 0.3 is 5.97 Å². The van der Waals surface area contributed by atoms with Gasteiger partial charge < -0.3 is 10.4 Å². The number of aliphatic carboxylic acids is 1. The fourth-order valence-electron chi connectivity index (χ4n) is 3.30. The molecule has 3 rings (SSSR count). The van der Waals surface area contributed by atoms with Crippen molar-refractivity contribution in [2.75, 3.05) is 0 Å². The molecule has 2 aliphatic rings. The van der Waals surface area contributed by atoms with Crippen molar-refractivity contribution >= 4 is 23.2 Å². The van der Waals surface area contributed by atoms with Gasteiger partial charge in [0.1, 0.15) is 0 Å². The first-order valence-corrected chi connectivity index (χ1v) is 7.48. The normalized spacial score (nSPS) is 30.6. The van der Waals surface area contributed by atoms with Crippen LogP contribution in [0.5, 0.6) is 0 Å². The quantitative estimate of drug-likeness (QED) is 0.826. The molecule has 2 N–H and O–H groups in total. The van der Waals surface area contributed by atoms with Crippen molar-refractivity contribution in [3.63, 3.8) is 0 Å². The summed E-state index contributed by atoms with van der Waals surface area (Å²) < 4.78 is 0. The molecule has 2 bridgehead atoms. The number of carboxylic acids is 1. The fraction of sp³-hybridized carbons (Fsp3) is 0.500. The average Bonchev–Trinajstić information content (AvgIpc) is 3.10. The maximum atomic E-state index is 12.3. The van der Waals surface area contributed by atoms with Crippen molar-refractivity contribution in [1.82, 2.24) is 10.3 Å². The zero-order chi connectivity index (χ0) is 14.3. The molecule has 1 aromatic rings. The number of nitrogens with zero attached hydrogens (tertiary/aromatic N) is 1. The Morgan fingerprint density at radius 1 is 1.40 bits per heavy atom. The number of aryl methyl sites for hydroxylation is 1. The first kappa shape index (κ1) is 13.3. The molecule has 4 atom stereocenters. The lowest BCUT2D eigenvalue weighted by atomic mass is 9.82. The molecule has 1 fully saturated rings. The predicted octanol–water partition coefficient (Wildman–Crippen LogP) is 1.59. The Hall–Kier alpha value is -1.69. The molecule has 1 heterocycles. The molecule has 0 aromatic carbocycles. The van der Waals surface area contributed by atoms with Crippen LogP contribution in [-0.4, -0.2) is 22.0 Å². The smallest absolute Gasteiger partial charge is 0.307 e. The van der Waals surface area contributed by atoms with Crippen LogP contribution in [0, 0.1) is 30.6 Å². The average molecular weight is 292 g/mol. The number of nitrogens with one attached hydrogen (secondary N) is 1. The molecule has 1 amide bonds. The third kappa shape index (κ3) is 2.24. The summed E-state index contributed by atoms with van der Waals surface area (Å²) in [5, 5.41) is 13.1. The van der Waals surface area contributed by atoms with E-state index in [2.05, 4.69) is 10.3 Å². The number of thiazole rings is 1. The summed E-state index contributed by atoms with van der Waals surface area (Å²) in [6.45, 7) is 2.34. The minimum Gasteiger partial charge on any atom is -0.481 e. The molecule has 106 valence electrons. The number of carboxylic acid groups (broad SMARTS) is 1. The van der Waals surface area contributed by atoms with E-state index in [9.17, 15) is 14.7 Å². The topological polar surface area (TPSA) is 79.3 Å². The molecule has 1 saturated carbocycles. The third-order valence-electron chi connectivity index (χ3n) is 4.15. The summed E-state index contributed by atoms with van der Waals surface area (Å²) in [4.78, 5) is 28.8. The van der Waals surface area contributed by atoms with Crippen LogP contribution in [0.4, 0.5) is 0 Å². The zero-order valence-electron chi connectivity index (χ0n) is 11.1. The van der Waals surface area contributed by atoms with E-state index in [1.54, 1.807) is 6.20 Å². The lowest BCUT2D eigenvalue weighted by Crippen LogP contribution is -2.39. The summed E-state index contributed by atoms with van der Waals surface area (Å²) in [7, 11) is 0. The van der Waals surface area contributed by atoms with Gasteiger partial charge in [-0.05, 0) is 25.2 Å². The highest BCUT2D eigenvalue weighted by atomic mass is 32.1. The summed E-state index contributed by atoms with van der Waals surface area (Å²) in [5.41, 5.74) is 0. The molecular weight excluding hydrogens is 276 g/mol. The van der Waals surface area contributed by atoms with Gasteiger partial charge in [0.2, 0.25) is 5.91 Å². The van der Waals surface area contributed by atoms with Gasteiger partial charge in [-0.15, -0.1) is 11.3 Å². The number of amides is 1. The van der Waals surface area contributed by atoms with E-state index < -0.39 is 17.8 Å². The van der Waals surface area contributed by atoms with Gasteiger partial charge in [0, 0.05) is 11.1 Å². The number of carbonyl (C=O) groups is 2. The first-order chi connectivity index (χ1) is 9.56. The second-order valence-corrected chi connectivity index (χ2v) is 6.72.